The van der Waals surface area contributed by atoms with Crippen LogP contribution in [0, 0.1) is 11.8 Å². The summed E-state index contributed by atoms with van der Waals surface area (Å²) in [4.78, 5) is 25.7. The molecule has 2 aromatic rings. The van der Waals surface area contributed by atoms with E-state index >= 15 is 0 Å². The number of ether oxygens (including phenoxy) is 1. The third-order valence-electron chi connectivity index (χ3n) is 7.91. The average molecular weight is 493 g/mol. The second-order valence-electron chi connectivity index (χ2n) is 10.4. The van der Waals surface area contributed by atoms with Crippen LogP contribution in [0.25, 0.3) is 5.57 Å². The molecule has 3 aliphatic rings. The lowest BCUT2D eigenvalue weighted by Gasteiger charge is -2.31. The number of amides is 1. The van der Waals surface area contributed by atoms with Crippen molar-refractivity contribution >= 4 is 17.4 Å². The molecule has 1 amide bonds. The number of halogens is 1. The van der Waals surface area contributed by atoms with E-state index in [9.17, 15) is 9.18 Å². The quantitative estimate of drug-likeness (QED) is 0.539. The summed E-state index contributed by atoms with van der Waals surface area (Å²) in [5.74, 6) is 2.39. The van der Waals surface area contributed by atoms with Crippen LogP contribution in [0.5, 0.6) is 5.75 Å². The van der Waals surface area contributed by atoms with Gasteiger partial charge in [0.15, 0.2) is 0 Å². The number of piperidine rings is 1. The fourth-order valence-electron chi connectivity index (χ4n) is 5.47. The van der Waals surface area contributed by atoms with Crippen molar-refractivity contribution in [3.8, 4) is 5.75 Å². The lowest BCUT2D eigenvalue weighted by molar-refractivity contribution is -0.134. The van der Waals surface area contributed by atoms with Gasteiger partial charge in [-0.3, -0.25) is 4.79 Å². The summed E-state index contributed by atoms with van der Waals surface area (Å²) in [6, 6.07) is 8.35. The van der Waals surface area contributed by atoms with E-state index in [-0.39, 0.29) is 18.4 Å². The zero-order chi connectivity index (χ0) is 24.9. The first kappa shape index (κ1) is 24.7. The lowest BCUT2D eigenvalue weighted by Crippen LogP contribution is -2.36. The van der Waals surface area contributed by atoms with E-state index in [2.05, 4.69) is 52.1 Å². The molecule has 3 heterocycles. The maximum atomic E-state index is 13.5. The van der Waals surface area contributed by atoms with E-state index in [1.165, 1.54) is 16.7 Å². The number of hydrogen-bond donors (Lipinski definition) is 0. The summed E-state index contributed by atoms with van der Waals surface area (Å²) in [5, 5.41) is 0. The molecular weight excluding hydrogens is 455 g/mol. The van der Waals surface area contributed by atoms with Gasteiger partial charge in [-0.1, -0.05) is 25.1 Å². The number of likely N-dealkylation sites (tertiary alicyclic amines) is 1. The normalized spacial score (nSPS) is 23.0. The molecule has 0 saturated carbocycles. The highest BCUT2D eigenvalue weighted by Crippen LogP contribution is 2.33. The van der Waals surface area contributed by atoms with Gasteiger partial charge in [0.1, 0.15) is 11.9 Å². The fourth-order valence-corrected chi connectivity index (χ4v) is 5.47. The van der Waals surface area contributed by atoms with Crippen molar-refractivity contribution in [1.29, 1.82) is 0 Å². The van der Waals surface area contributed by atoms with Crippen LogP contribution in [0.15, 0.2) is 42.7 Å². The molecule has 192 valence electrons. The van der Waals surface area contributed by atoms with Gasteiger partial charge in [-0.25, -0.2) is 14.4 Å². The molecule has 1 unspecified atom stereocenters. The van der Waals surface area contributed by atoms with Gasteiger partial charge >= 0.3 is 0 Å². The first-order valence-electron chi connectivity index (χ1n) is 13.5. The van der Waals surface area contributed by atoms with Crippen molar-refractivity contribution < 1.29 is 13.9 Å². The van der Waals surface area contributed by atoms with Gasteiger partial charge in [0.2, 0.25) is 11.9 Å². The number of aromatic nitrogens is 2. The monoisotopic (exact) mass is 492 g/mol. The first-order valence-corrected chi connectivity index (χ1v) is 13.5. The van der Waals surface area contributed by atoms with Crippen LogP contribution >= 0.6 is 0 Å². The van der Waals surface area contributed by atoms with Crippen molar-refractivity contribution in [2.75, 3.05) is 37.7 Å². The van der Waals surface area contributed by atoms with Crippen LogP contribution in [0.3, 0.4) is 0 Å². The third kappa shape index (κ3) is 5.88. The minimum Gasteiger partial charge on any atom is -0.493 e. The number of hydrogen-bond acceptors (Lipinski definition) is 5. The highest BCUT2D eigenvalue weighted by Gasteiger charge is 2.31. The van der Waals surface area contributed by atoms with E-state index in [1.54, 1.807) is 4.90 Å². The van der Waals surface area contributed by atoms with Gasteiger partial charge in [0.25, 0.3) is 0 Å². The summed E-state index contributed by atoms with van der Waals surface area (Å²) in [6.07, 6.45) is 11.3. The van der Waals surface area contributed by atoms with Crippen molar-refractivity contribution in [2.24, 2.45) is 11.8 Å². The zero-order valence-electron chi connectivity index (χ0n) is 21.2. The molecule has 0 spiro atoms. The van der Waals surface area contributed by atoms with Gasteiger partial charge in [0.05, 0.1) is 13.2 Å². The van der Waals surface area contributed by atoms with Crippen LogP contribution < -0.4 is 9.64 Å². The second-order valence-corrected chi connectivity index (χ2v) is 10.4. The zero-order valence-corrected chi connectivity index (χ0v) is 21.2. The topological polar surface area (TPSA) is 58.6 Å². The Kier molecular flexibility index (Phi) is 7.83. The maximum Gasteiger partial charge on any atom is 0.226 e. The van der Waals surface area contributed by atoms with Crippen LogP contribution in [0.2, 0.25) is 0 Å². The van der Waals surface area contributed by atoms with Crippen LogP contribution in [0.1, 0.15) is 56.6 Å². The van der Waals surface area contributed by atoms with E-state index in [1.807, 2.05) is 12.4 Å². The van der Waals surface area contributed by atoms with Crippen molar-refractivity contribution in [1.82, 2.24) is 14.9 Å². The molecule has 2 fully saturated rings. The Labute approximate surface area is 213 Å². The molecule has 2 saturated heterocycles. The third-order valence-corrected chi connectivity index (χ3v) is 7.91. The van der Waals surface area contributed by atoms with E-state index in [0.29, 0.717) is 18.9 Å². The molecule has 36 heavy (non-hydrogen) atoms. The summed E-state index contributed by atoms with van der Waals surface area (Å²) in [7, 11) is 0. The molecule has 5 rings (SSSR count). The summed E-state index contributed by atoms with van der Waals surface area (Å²) >= 11 is 0. The Balaban J connectivity index is 1.06. The molecule has 0 radical (unpaired) electrons. The van der Waals surface area contributed by atoms with E-state index in [4.69, 9.17) is 4.74 Å². The Morgan fingerprint density at radius 2 is 1.81 bits per heavy atom. The Hall–Kier alpha value is -2.96. The summed E-state index contributed by atoms with van der Waals surface area (Å²) in [5.41, 5.74) is 3.65. The number of aryl methyl sites for hydroxylation is 1. The Morgan fingerprint density at radius 3 is 2.42 bits per heavy atom. The highest BCUT2D eigenvalue weighted by molar-refractivity contribution is 5.81. The fraction of sp³-hybridized carbons (Fsp3) is 0.552. The van der Waals surface area contributed by atoms with Crippen molar-refractivity contribution in [3.05, 3.63) is 53.9 Å². The Morgan fingerprint density at radius 1 is 1.06 bits per heavy atom. The van der Waals surface area contributed by atoms with Gasteiger partial charge in [-0.15, -0.1) is 0 Å². The van der Waals surface area contributed by atoms with Gasteiger partial charge in [0, 0.05) is 37.9 Å². The number of alkyl halides is 1. The largest absolute Gasteiger partial charge is 0.493 e. The number of anilines is 1. The number of benzene rings is 1. The molecule has 6 nitrogen and oxygen atoms in total. The molecule has 7 heteroatoms. The van der Waals surface area contributed by atoms with Gasteiger partial charge in [-0.05, 0) is 79.7 Å². The smallest absolute Gasteiger partial charge is 0.226 e. The number of carbonyl (C=O) groups is 1. The summed E-state index contributed by atoms with van der Waals surface area (Å²) in [6.45, 7) is 5.60. The number of rotatable bonds is 7. The average Bonchev–Trinajstić information content (AvgIpc) is 3.38. The minimum absolute atomic E-state index is 0.00432. The molecule has 0 N–H and O–H groups in total. The summed E-state index contributed by atoms with van der Waals surface area (Å²) < 4.78 is 19.6. The lowest BCUT2D eigenvalue weighted by atomic mass is 9.86. The minimum atomic E-state index is -0.852. The molecule has 0 bridgehead atoms. The number of nitrogens with zero attached hydrogens (tertiary/aromatic N) is 4. The van der Waals surface area contributed by atoms with Crippen molar-refractivity contribution in [3.63, 3.8) is 0 Å². The van der Waals surface area contributed by atoms with Gasteiger partial charge < -0.3 is 14.5 Å². The predicted molar refractivity (Wildman–Crippen MR) is 140 cm³/mol. The Bertz CT molecular complexity index is 1050. The van der Waals surface area contributed by atoms with Gasteiger partial charge in [-0.2, -0.15) is 0 Å². The maximum absolute atomic E-state index is 13.5. The number of carbonyl (C=O) groups excluding carboxylic acids is 1. The molecule has 1 aliphatic carbocycles. The molecule has 1 aromatic carbocycles. The molecule has 2 aliphatic heterocycles. The first-order chi connectivity index (χ1) is 17.6. The van der Waals surface area contributed by atoms with E-state index < -0.39 is 6.17 Å². The highest BCUT2D eigenvalue weighted by atomic mass is 19.1. The SMILES string of the molecule is CCc1cnc(N2CCC(COc3ccc(C4=CCC(C(=O)N5CC[C@H](F)C5)CC4)cc3)CC2)nc1. The van der Waals surface area contributed by atoms with Crippen LogP contribution in [-0.4, -0.2) is 59.7 Å². The second kappa shape index (κ2) is 11.4. The van der Waals surface area contributed by atoms with Crippen molar-refractivity contribution in [2.45, 2.75) is 58.0 Å². The standard InChI is InChI=1S/C29H37FN4O2/c1-2-21-17-31-29(32-18-21)33-14-11-22(12-15-33)20-36-27-9-7-24(8-10-27)23-3-5-25(6-4-23)28(35)34-16-13-26(30)19-34/h3,7-10,17-18,22,25-26H,2,4-6,11-16,19-20H2,1H3/t25?,26-/m0/s1. The number of allylic oxidation sites excluding steroid dienone is 2. The van der Waals surface area contributed by atoms with Crippen LogP contribution in [-0.2, 0) is 11.2 Å². The molecule has 1 aromatic heterocycles. The van der Waals surface area contributed by atoms with Crippen LogP contribution in [0.4, 0.5) is 10.3 Å². The predicted octanol–water partition coefficient (Wildman–Crippen LogP) is 5.09. The molecular formula is C29H37FN4O2. The van der Waals surface area contributed by atoms with E-state index in [0.717, 1.165) is 69.9 Å². The molecule has 2 atom stereocenters.